The van der Waals surface area contributed by atoms with Crippen LogP contribution in [0.4, 0.5) is 23.8 Å². The number of carbonyl (C=O) groups excluding carboxylic acids is 2. The van der Waals surface area contributed by atoms with Crippen molar-refractivity contribution < 1.29 is 27.5 Å². The average Bonchev–Trinajstić information content (AvgIpc) is 3.06. The van der Waals surface area contributed by atoms with E-state index in [1.54, 1.807) is 31.7 Å². The van der Waals surface area contributed by atoms with Gasteiger partial charge < -0.3 is 19.9 Å². The summed E-state index contributed by atoms with van der Waals surface area (Å²) in [6.45, 7) is 10.6. The number of alkyl halides is 3. The average molecular weight is 573 g/mol. The van der Waals surface area contributed by atoms with Crippen molar-refractivity contribution in [3.05, 3.63) is 59.3 Å². The second kappa shape index (κ2) is 9.91. The predicted molar refractivity (Wildman–Crippen MR) is 149 cm³/mol. The highest BCUT2D eigenvalue weighted by atomic mass is 19.4. The fourth-order valence-corrected chi connectivity index (χ4v) is 6.74. The van der Waals surface area contributed by atoms with E-state index in [1.165, 1.54) is 30.4 Å². The fourth-order valence-electron chi connectivity index (χ4n) is 6.74. The molecule has 1 unspecified atom stereocenters. The molecular weight excluding hydrogens is 533 g/mol. The van der Waals surface area contributed by atoms with Crippen LogP contribution in [0.2, 0.25) is 0 Å². The Morgan fingerprint density at radius 1 is 1.10 bits per heavy atom. The molecular formula is C31H39F3N4O3. The van der Waals surface area contributed by atoms with Gasteiger partial charge in [0.15, 0.2) is 6.04 Å². The molecule has 2 amide bonds. The van der Waals surface area contributed by atoms with Crippen LogP contribution in [0.3, 0.4) is 0 Å². The molecule has 2 aliphatic carbocycles. The summed E-state index contributed by atoms with van der Waals surface area (Å²) in [5, 5.41) is 3.41. The molecule has 10 heteroatoms. The maximum atomic E-state index is 14.3. The zero-order valence-electron chi connectivity index (χ0n) is 24.5. The molecule has 1 aliphatic heterocycles. The number of carbonyl (C=O) groups is 2. The van der Waals surface area contributed by atoms with E-state index in [4.69, 9.17) is 4.74 Å². The molecule has 5 rings (SSSR count). The molecule has 2 fully saturated rings. The molecule has 2 heterocycles. The van der Waals surface area contributed by atoms with Crippen LogP contribution >= 0.6 is 0 Å². The lowest BCUT2D eigenvalue weighted by Crippen LogP contribution is -2.65. The molecule has 1 saturated carbocycles. The Labute approximate surface area is 239 Å². The molecule has 7 nitrogen and oxygen atoms in total. The number of halogens is 3. The third kappa shape index (κ3) is 5.62. The summed E-state index contributed by atoms with van der Waals surface area (Å²) < 4.78 is 48.3. The van der Waals surface area contributed by atoms with Crippen LogP contribution < -0.4 is 5.32 Å². The molecule has 0 bridgehead atoms. The lowest BCUT2D eigenvalue weighted by atomic mass is 9.57. The molecule has 0 radical (unpaired) electrons. The Balaban J connectivity index is 1.21. The number of benzene rings is 1. The molecule has 1 spiro atoms. The number of likely N-dealkylation sites (tertiary alicyclic amines) is 1. The number of nitrogens with zero attached hydrogens (tertiary/aromatic N) is 3. The summed E-state index contributed by atoms with van der Waals surface area (Å²) in [4.78, 5) is 32.1. The minimum absolute atomic E-state index is 0.0459. The third-order valence-electron chi connectivity index (χ3n) is 8.89. The van der Waals surface area contributed by atoms with Crippen molar-refractivity contribution in [1.29, 1.82) is 0 Å². The van der Waals surface area contributed by atoms with Gasteiger partial charge in [-0.25, -0.2) is 9.78 Å². The number of hydrogen-bond donors (Lipinski definition) is 1. The number of amides is 2. The number of ether oxygens (including phenoxy) is 1. The Hall–Kier alpha value is -3.30. The van der Waals surface area contributed by atoms with Crippen molar-refractivity contribution in [3.8, 4) is 0 Å². The van der Waals surface area contributed by atoms with Gasteiger partial charge in [-0.2, -0.15) is 13.2 Å². The monoisotopic (exact) mass is 572 g/mol. The lowest BCUT2D eigenvalue weighted by molar-refractivity contribution is -0.195. The SMILES string of the molecule is CN(C(=O)C1CC2(C1)CN(C(=O)OC(C)(C)C)C2)[C@@H](c1ccc(NC2Cc3ccccc3C2(C)C)nc1)C(F)(F)F. The highest BCUT2D eigenvalue weighted by molar-refractivity contribution is 5.81. The van der Waals surface area contributed by atoms with Gasteiger partial charge in [-0.05, 0) is 57.2 Å². The van der Waals surface area contributed by atoms with E-state index in [1.807, 2.05) is 12.1 Å². The number of hydrogen-bond acceptors (Lipinski definition) is 5. The van der Waals surface area contributed by atoms with Crippen molar-refractivity contribution in [2.24, 2.45) is 11.3 Å². The Kier molecular flexibility index (Phi) is 7.06. The highest BCUT2D eigenvalue weighted by Gasteiger charge is 2.58. The largest absolute Gasteiger partial charge is 0.444 e. The molecule has 1 saturated heterocycles. The summed E-state index contributed by atoms with van der Waals surface area (Å²) in [5.41, 5.74) is 1.44. The van der Waals surface area contributed by atoms with Gasteiger partial charge in [-0.1, -0.05) is 44.2 Å². The second-order valence-corrected chi connectivity index (χ2v) is 13.6. The quantitative estimate of drug-likeness (QED) is 0.468. The van der Waals surface area contributed by atoms with E-state index in [0.29, 0.717) is 31.7 Å². The maximum absolute atomic E-state index is 14.3. The second-order valence-electron chi connectivity index (χ2n) is 13.6. The van der Waals surface area contributed by atoms with Gasteiger partial charge in [0.2, 0.25) is 5.91 Å². The van der Waals surface area contributed by atoms with E-state index in [0.717, 1.165) is 11.3 Å². The van der Waals surface area contributed by atoms with Crippen molar-refractivity contribution in [3.63, 3.8) is 0 Å². The maximum Gasteiger partial charge on any atom is 0.413 e. The number of rotatable bonds is 5. The molecule has 1 aromatic heterocycles. The van der Waals surface area contributed by atoms with E-state index in [2.05, 4.69) is 36.3 Å². The van der Waals surface area contributed by atoms with Gasteiger partial charge in [0, 0.05) is 54.7 Å². The first-order valence-corrected chi connectivity index (χ1v) is 14.1. The molecule has 1 aromatic carbocycles. The van der Waals surface area contributed by atoms with Crippen molar-refractivity contribution >= 4 is 17.8 Å². The Bertz CT molecular complexity index is 1310. The Morgan fingerprint density at radius 2 is 1.76 bits per heavy atom. The number of fused-ring (bicyclic) bond motifs is 1. The van der Waals surface area contributed by atoms with Crippen molar-refractivity contribution in [2.45, 2.75) is 83.2 Å². The van der Waals surface area contributed by atoms with Crippen LogP contribution in [0.15, 0.2) is 42.6 Å². The number of anilines is 1. The van der Waals surface area contributed by atoms with Gasteiger partial charge in [0.1, 0.15) is 11.4 Å². The van der Waals surface area contributed by atoms with Gasteiger partial charge >= 0.3 is 12.3 Å². The van der Waals surface area contributed by atoms with E-state index >= 15 is 0 Å². The van der Waals surface area contributed by atoms with E-state index in [-0.39, 0.29) is 22.4 Å². The summed E-state index contributed by atoms with van der Waals surface area (Å²) in [6.07, 6.45) is -2.14. The topological polar surface area (TPSA) is 74.8 Å². The third-order valence-corrected chi connectivity index (χ3v) is 8.89. The Morgan fingerprint density at radius 3 is 2.32 bits per heavy atom. The zero-order valence-corrected chi connectivity index (χ0v) is 24.5. The van der Waals surface area contributed by atoms with Crippen LogP contribution in [0.25, 0.3) is 0 Å². The summed E-state index contributed by atoms with van der Waals surface area (Å²) in [7, 11) is 1.21. The van der Waals surface area contributed by atoms with Gasteiger partial charge in [-0.15, -0.1) is 0 Å². The standard InChI is InChI=1S/C31H39F3N4O3/c1-28(2,3)41-27(40)38-17-30(18-38)14-21(15-30)26(39)37(6)25(31(32,33)34)20-11-12-24(35-16-20)36-23-13-19-9-7-8-10-22(19)29(23,4)5/h7-12,16,21,23,25H,13-15,17-18H2,1-6H3,(H,35,36)/t23?,25-/m0/s1. The van der Waals surface area contributed by atoms with Crippen LogP contribution in [0, 0.1) is 11.3 Å². The van der Waals surface area contributed by atoms with Crippen LogP contribution in [0.5, 0.6) is 0 Å². The summed E-state index contributed by atoms with van der Waals surface area (Å²) in [6, 6.07) is 9.14. The minimum Gasteiger partial charge on any atom is -0.444 e. The van der Waals surface area contributed by atoms with Gasteiger partial charge in [-0.3, -0.25) is 4.79 Å². The van der Waals surface area contributed by atoms with Crippen LogP contribution in [-0.2, 0) is 21.4 Å². The van der Waals surface area contributed by atoms with Gasteiger partial charge in [0.05, 0.1) is 0 Å². The fraction of sp³-hybridized carbons (Fsp3) is 0.581. The van der Waals surface area contributed by atoms with Crippen molar-refractivity contribution in [2.75, 3.05) is 25.5 Å². The van der Waals surface area contributed by atoms with E-state index < -0.39 is 35.7 Å². The first kappa shape index (κ1) is 29.2. The molecule has 1 N–H and O–H groups in total. The number of nitrogens with one attached hydrogen (secondary N) is 1. The molecule has 3 aliphatic rings. The molecule has 41 heavy (non-hydrogen) atoms. The van der Waals surface area contributed by atoms with Crippen LogP contribution in [0.1, 0.15) is 70.2 Å². The number of aromatic nitrogens is 1. The minimum atomic E-state index is -4.67. The molecule has 2 aromatic rings. The predicted octanol–water partition coefficient (Wildman–Crippen LogP) is 6.10. The zero-order chi connectivity index (χ0) is 30.0. The number of pyridine rings is 1. The summed E-state index contributed by atoms with van der Waals surface area (Å²) >= 11 is 0. The van der Waals surface area contributed by atoms with Gasteiger partial charge in [0.25, 0.3) is 0 Å². The lowest BCUT2D eigenvalue weighted by Gasteiger charge is -2.58. The highest BCUT2D eigenvalue weighted by Crippen LogP contribution is 2.53. The van der Waals surface area contributed by atoms with E-state index in [9.17, 15) is 22.8 Å². The summed E-state index contributed by atoms with van der Waals surface area (Å²) in [5.74, 6) is -0.554. The first-order chi connectivity index (χ1) is 19.0. The van der Waals surface area contributed by atoms with Crippen molar-refractivity contribution in [1.82, 2.24) is 14.8 Å². The first-order valence-electron chi connectivity index (χ1n) is 14.1. The molecule has 2 atom stereocenters. The normalized spacial score (nSPS) is 21.9. The molecule has 222 valence electrons. The smallest absolute Gasteiger partial charge is 0.413 e. The van der Waals surface area contributed by atoms with Crippen LogP contribution in [-0.4, -0.2) is 64.7 Å².